The number of benzene rings is 1. The van der Waals surface area contributed by atoms with E-state index in [2.05, 4.69) is 41.9 Å². The van der Waals surface area contributed by atoms with Gasteiger partial charge in [-0.3, -0.25) is 4.57 Å². The first-order valence-corrected chi connectivity index (χ1v) is 10.4. The summed E-state index contributed by atoms with van der Waals surface area (Å²) in [7, 11) is 2.00. The number of hydrogen-bond acceptors (Lipinski definition) is 9. The van der Waals surface area contributed by atoms with Gasteiger partial charge in [0.2, 0.25) is 0 Å². The molecule has 3 aromatic heterocycles. The van der Waals surface area contributed by atoms with Crippen LogP contribution in [0.5, 0.6) is 0 Å². The van der Waals surface area contributed by atoms with Gasteiger partial charge in [0.05, 0.1) is 17.6 Å². The molecule has 0 bridgehead atoms. The number of likely N-dealkylation sites (N-methyl/N-ethyl adjacent to an activating group) is 1. The summed E-state index contributed by atoms with van der Waals surface area (Å²) < 4.78 is 3.53. The lowest BCUT2D eigenvalue weighted by molar-refractivity contribution is 0.876. The average Bonchev–Trinajstić information content (AvgIpc) is 3.26. The zero-order valence-electron chi connectivity index (χ0n) is 17.6. The Balaban J connectivity index is 1.53. The van der Waals surface area contributed by atoms with E-state index in [0.29, 0.717) is 36.2 Å². The third-order valence-corrected chi connectivity index (χ3v) is 5.34. The fourth-order valence-electron chi connectivity index (χ4n) is 3.56. The number of nitrogens with two attached hydrogens (primary N) is 1. The van der Waals surface area contributed by atoms with E-state index in [1.54, 1.807) is 17.2 Å². The van der Waals surface area contributed by atoms with Gasteiger partial charge in [-0.25, -0.2) is 4.98 Å². The predicted octanol–water partition coefficient (Wildman–Crippen LogP) is 1.89. The van der Waals surface area contributed by atoms with Crippen LogP contribution in [0.2, 0.25) is 0 Å². The van der Waals surface area contributed by atoms with Crippen LogP contribution in [0.4, 0.5) is 23.0 Å². The number of rotatable bonds is 8. The highest BCUT2D eigenvalue weighted by Crippen LogP contribution is 2.30. The van der Waals surface area contributed by atoms with Gasteiger partial charge in [-0.2, -0.15) is 14.9 Å². The molecule has 3 heterocycles. The number of nitrogens with zero attached hydrogens (tertiary/aromatic N) is 8. The van der Waals surface area contributed by atoms with E-state index in [4.69, 9.17) is 5.73 Å². The van der Waals surface area contributed by atoms with E-state index in [0.717, 1.165) is 35.7 Å². The second kappa shape index (κ2) is 8.16. The Bertz CT molecular complexity index is 1280. The smallest absolute Gasteiger partial charge is 0.177 e. The summed E-state index contributed by atoms with van der Waals surface area (Å²) in [6.07, 6.45) is 7.10. The highest BCUT2D eigenvalue weighted by atomic mass is 15.3. The van der Waals surface area contributed by atoms with Crippen molar-refractivity contribution in [2.75, 3.05) is 35.7 Å². The van der Waals surface area contributed by atoms with Crippen LogP contribution in [0.25, 0.3) is 11.3 Å². The number of nitriles is 1. The van der Waals surface area contributed by atoms with Crippen molar-refractivity contribution < 1.29 is 0 Å². The molecule has 1 aliphatic carbocycles. The van der Waals surface area contributed by atoms with Crippen molar-refractivity contribution in [3.63, 3.8) is 0 Å². The van der Waals surface area contributed by atoms with Crippen molar-refractivity contribution in [1.29, 1.82) is 5.26 Å². The predicted molar refractivity (Wildman–Crippen MR) is 121 cm³/mol. The lowest BCUT2D eigenvalue weighted by Gasteiger charge is -2.22. The normalized spacial score (nSPS) is 13.2. The first kappa shape index (κ1) is 19.8. The van der Waals surface area contributed by atoms with E-state index < -0.39 is 0 Å². The summed E-state index contributed by atoms with van der Waals surface area (Å²) in [5.41, 5.74) is 9.45. The number of hydrogen-bond donors (Lipinski definition) is 3. The van der Waals surface area contributed by atoms with E-state index in [-0.39, 0.29) is 0 Å². The van der Waals surface area contributed by atoms with Crippen molar-refractivity contribution >= 4 is 28.7 Å². The van der Waals surface area contributed by atoms with E-state index >= 15 is 0 Å². The Morgan fingerprint density at radius 3 is 2.78 bits per heavy atom. The third-order valence-electron chi connectivity index (χ3n) is 5.34. The molecular formula is C21H23N11. The summed E-state index contributed by atoms with van der Waals surface area (Å²) >= 11 is 0. The average molecular weight is 429 g/mol. The third kappa shape index (κ3) is 3.79. The van der Waals surface area contributed by atoms with Crippen LogP contribution in [0.3, 0.4) is 0 Å². The van der Waals surface area contributed by atoms with Crippen LogP contribution in [-0.4, -0.2) is 55.5 Å². The van der Waals surface area contributed by atoms with E-state index in [9.17, 15) is 5.26 Å². The number of anilines is 4. The van der Waals surface area contributed by atoms with Crippen molar-refractivity contribution in [3.05, 3.63) is 48.7 Å². The summed E-state index contributed by atoms with van der Waals surface area (Å²) in [5.74, 6) is 1.43. The fourth-order valence-corrected chi connectivity index (χ4v) is 3.56. The topological polar surface area (TPSA) is 138 Å². The Morgan fingerprint density at radius 2 is 2.06 bits per heavy atom. The van der Waals surface area contributed by atoms with E-state index in [1.807, 2.05) is 35.9 Å². The number of aromatic nitrogens is 6. The van der Waals surface area contributed by atoms with Crippen LogP contribution in [0.1, 0.15) is 18.4 Å². The summed E-state index contributed by atoms with van der Waals surface area (Å²) in [6, 6.07) is 10.5. The van der Waals surface area contributed by atoms with Crippen LogP contribution >= 0.6 is 0 Å². The highest BCUT2D eigenvalue weighted by molar-refractivity contribution is 5.72. The number of nitrogens with one attached hydrogen (secondary N) is 2. The van der Waals surface area contributed by atoms with Crippen molar-refractivity contribution in [2.45, 2.75) is 18.9 Å². The van der Waals surface area contributed by atoms with Crippen LogP contribution in [0.15, 0.2) is 43.1 Å². The molecule has 0 amide bonds. The molecule has 0 saturated heterocycles. The van der Waals surface area contributed by atoms with Crippen LogP contribution < -0.4 is 21.3 Å². The SMILES string of the molecule is CN(CCN)c1ccc(Nc2cc(NC3CC3)n3ncc(C#N)c3n2)cc1-n1cnnc1. The van der Waals surface area contributed by atoms with Crippen molar-refractivity contribution in [1.82, 2.24) is 29.4 Å². The minimum Gasteiger partial charge on any atom is -0.372 e. The lowest BCUT2D eigenvalue weighted by Crippen LogP contribution is -2.26. The minimum atomic E-state index is 0.427. The minimum absolute atomic E-state index is 0.427. The van der Waals surface area contributed by atoms with Gasteiger partial charge in [-0.05, 0) is 31.0 Å². The molecule has 0 radical (unpaired) electrons. The largest absolute Gasteiger partial charge is 0.372 e. The Morgan fingerprint density at radius 1 is 1.25 bits per heavy atom. The Kier molecular flexibility index (Phi) is 5.04. The Labute approximate surface area is 184 Å². The molecule has 1 saturated carbocycles. The zero-order valence-corrected chi connectivity index (χ0v) is 17.6. The van der Waals surface area contributed by atoms with Gasteiger partial charge in [0, 0.05) is 37.9 Å². The molecule has 0 aliphatic heterocycles. The summed E-state index contributed by atoms with van der Waals surface area (Å²) in [5, 5.41) is 28.5. The van der Waals surface area contributed by atoms with Gasteiger partial charge in [-0.1, -0.05) is 0 Å². The molecule has 0 atom stereocenters. The molecule has 11 nitrogen and oxygen atoms in total. The second-order valence-corrected chi connectivity index (χ2v) is 7.76. The van der Waals surface area contributed by atoms with E-state index in [1.165, 1.54) is 6.20 Å². The van der Waals surface area contributed by atoms with Gasteiger partial charge < -0.3 is 21.3 Å². The summed E-state index contributed by atoms with van der Waals surface area (Å²) in [4.78, 5) is 6.73. The molecule has 0 spiro atoms. The maximum atomic E-state index is 9.45. The standard InChI is InChI=1S/C21H23N11/c1-30(7-6-22)17-5-4-16(8-18(17)31-12-24-25-13-31)27-19-9-20(28-15-2-3-15)32-21(29-19)14(10-23)11-26-32/h4-5,8-9,11-13,15,28H,2-3,6-7,22H2,1H3,(H,27,29). The first-order valence-electron chi connectivity index (χ1n) is 10.4. The van der Waals surface area contributed by atoms with Crippen molar-refractivity contribution in [3.8, 4) is 11.8 Å². The highest BCUT2D eigenvalue weighted by Gasteiger charge is 2.23. The molecule has 4 aromatic rings. The second-order valence-electron chi connectivity index (χ2n) is 7.76. The molecule has 0 unspecified atom stereocenters. The lowest BCUT2D eigenvalue weighted by atomic mass is 10.2. The molecule has 4 N–H and O–H groups in total. The molecule has 1 aromatic carbocycles. The van der Waals surface area contributed by atoms with Gasteiger partial charge in [0.15, 0.2) is 5.65 Å². The maximum Gasteiger partial charge on any atom is 0.177 e. The molecule has 1 aliphatic rings. The van der Waals surface area contributed by atoms with Gasteiger partial charge in [-0.15, -0.1) is 10.2 Å². The van der Waals surface area contributed by atoms with Crippen LogP contribution in [0, 0.1) is 11.3 Å². The van der Waals surface area contributed by atoms with Crippen molar-refractivity contribution in [2.24, 2.45) is 5.73 Å². The molecular weight excluding hydrogens is 406 g/mol. The van der Waals surface area contributed by atoms with Crippen LogP contribution in [-0.2, 0) is 0 Å². The molecule has 162 valence electrons. The Hall–Kier alpha value is -4.17. The summed E-state index contributed by atoms with van der Waals surface area (Å²) in [6.45, 7) is 1.26. The van der Waals surface area contributed by atoms with Gasteiger partial charge >= 0.3 is 0 Å². The quantitative estimate of drug-likeness (QED) is 0.383. The molecule has 1 fully saturated rings. The van der Waals surface area contributed by atoms with Gasteiger partial charge in [0.1, 0.15) is 35.9 Å². The van der Waals surface area contributed by atoms with Gasteiger partial charge in [0.25, 0.3) is 0 Å². The molecule has 32 heavy (non-hydrogen) atoms. The fraction of sp³-hybridized carbons (Fsp3) is 0.286. The maximum absolute atomic E-state index is 9.45. The molecule has 5 rings (SSSR count). The monoisotopic (exact) mass is 429 g/mol. The molecule has 11 heteroatoms. The number of fused-ring (bicyclic) bond motifs is 1. The zero-order chi connectivity index (χ0) is 22.1. The first-order chi connectivity index (χ1) is 15.7.